The zero-order chi connectivity index (χ0) is 13.8. The van der Waals surface area contributed by atoms with Gasteiger partial charge in [-0.05, 0) is 38.3 Å². The van der Waals surface area contributed by atoms with E-state index in [1.807, 2.05) is 32.0 Å². The van der Waals surface area contributed by atoms with E-state index < -0.39 is 10.0 Å². The van der Waals surface area contributed by atoms with E-state index in [4.69, 9.17) is 5.11 Å². The maximum Gasteiger partial charge on any atom is 0.234 e. The van der Waals surface area contributed by atoms with Gasteiger partial charge in [-0.25, -0.2) is 8.42 Å². The second-order valence-corrected chi connectivity index (χ2v) is 6.62. The molecule has 0 aromatic heterocycles. The largest absolute Gasteiger partial charge is 0.396 e. The number of aliphatic hydroxyl groups is 1. The highest BCUT2D eigenvalue weighted by Crippen LogP contribution is 2.22. The molecule has 1 rings (SSSR count). The summed E-state index contributed by atoms with van der Waals surface area (Å²) in [6.07, 6.45) is 0.994. The molecule has 5 heteroatoms. The fourth-order valence-electron chi connectivity index (χ4n) is 1.84. The molecule has 0 unspecified atom stereocenters. The van der Waals surface area contributed by atoms with Crippen LogP contribution in [0.1, 0.15) is 24.0 Å². The van der Waals surface area contributed by atoms with Crippen LogP contribution in [0.3, 0.4) is 0 Å². The van der Waals surface area contributed by atoms with Gasteiger partial charge in [0.15, 0.2) is 0 Å². The summed E-state index contributed by atoms with van der Waals surface area (Å²) in [5, 5.41) is 8.68. The van der Waals surface area contributed by atoms with Crippen molar-refractivity contribution in [2.75, 3.05) is 23.7 Å². The molecular formula is C13H21NO3S. The average Bonchev–Trinajstić information content (AvgIpc) is 2.28. The highest BCUT2D eigenvalue weighted by atomic mass is 32.2. The Kier molecular flexibility index (Phi) is 5.16. The number of sulfonamides is 1. The summed E-state index contributed by atoms with van der Waals surface area (Å²) in [5.74, 6) is 0.0668. The molecule has 0 aliphatic rings. The van der Waals surface area contributed by atoms with Crippen LogP contribution in [0.25, 0.3) is 0 Å². The summed E-state index contributed by atoms with van der Waals surface area (Å²) < 4.78 is 25.5. The van der Waals surface area contributed by atoms with Gasteiger partial charge in [0.1, 0.15) is 0 Å². The number of aliphatic hydroxyl groups excluding tert-OH is 1. The molecule has 102 valence electrons. The summed E-state index contributed by atoms with van der Waals surface area (Å²) in [6, 6.07) is 5.70. The summed E-state index contributed by atoms with van der Waals surface area (Å²) in [6.45, 7) is 3.91. The molecule has 0 atom stereocenters. The van der Waals surface area contributed by atoms with Crippen molar-refractivity contribution >= 4 is 15.7 Å². The van der Waals surface area contributed by atoms with Gasteiger partial charge in [-0.2, -0.15) is 0 Å². The number of rotatable bonds is 6. The molecule has 0 fully saturated rings. The molecule has 1 N–H and O–H groups in total. The number of aryl methyl sites for hydroxylation is 2. The predicted octanol–water partition coefficient (Wildman–Crippen LogP) is 1.84. The molecule has 4 nitrogen and oxygen atoms in total. The Morgan fingerprint density at radius 3 is 2.44 bits per heavy atom. The molecule has 0 amide bonds. The third-order valence-electron chi connectivity index (χ3n) is 2.92. The zero-order valence-electron chi connectivity index (χ0n) is 11.2. The van der Waals surface area contributed by atoms with Gasteiger partial charge in [0.25, 0.3) is 0 Å². The first-order valence-corrected chi connectivity index (χ1v) is 7.64. The zero-order valence-corrected chi connectivity index (χ0v) is 12.0. The molecule has 18 heavy (non-hydrogen) atoms. The molecule has 0 aliphatic carbocycles. The summed E-state index contributed by atoms with van der Waals surface area (Å²) in [4.78, 5) is 0. The number of benzene rings is 1. The predicted molar refractivity (Wildman–Crippen MR) is 74.4 cm³/mol. The Bertz CT molecular complexity index is 497. The maximum absolute atomic E-state index is 12.1. The van der Waals surface area contributed by atoms with E-state index in [2.05, 4.69) is 0 Å². The molecule has 0 spiro atoms. The van der Waals surface area contributed by atoms with Gasteiger partial charge in [-0.1, -0.05) is 17.7 Å². The lowest BCUT2D eigenvalue weighted by atomic mass is 10.1. The van der Waals surface area contributed by atoms with Crippen LogP contribution in [0.4, 0.5) is 5.69 Å². The minimum Gasteiger partial charge on any atom is -0.396 e. The second-order valence-electron chi connectivity index (χ2n) is 4.50. The number of nitrogens with zero attached hydrogens (tertiary/aromatic N) is 1. The second kappa shape index (κ2) is 6.20. The van der Waals surface area contributed by atoms with Crippen molar-refractivity contribution < 1.29 is 13.5 Å². The van der Waals surface area contributed by atoms with E-state index in [1.165, 1.54) is 4.31 Å². The molecular weight excluding hydrogens is 250 g/mol. The average molecular weight is 271 g/mol. The SMILES string of the molecule is Cc1ccc(N(C)S(=O)(=O)CCCCO)c(C)c1. The van der Waals surface area contributed by atoms with E-state index in [1.54, 1.807) is 7.05 Å². The number of unbranched alkanes of at least 4 members (excludes halogenated alkanes) is 1. The standard InChI is InChI=1S/C13H21NO3S/c1-11-6-7-13(12(2)10-11)14(3)18(16,17)9-5-4-8-15/h6-7,10,15H,4-5,8-9H2,1-3H3. The fraction of sp³-hybridized carbons (Fsp3) is 0.538. The van der Waals surface area contributed by atoms with E-state index >= 15 is 0 Å². The monoisotopic (exact) mass is 271 g/mol. The van der Waals surface area contributed by atoms with Crippen LogP contribution in [0.2, 0.25) is 0 Å². The number of hydrogen-bond acceptors (Lipinski definition) is 3. The van der Waals surface area contributed by atoms with E-state index in [-0.39, 0.29) is 12.4 Å². The summed E-state index contributed by atoms with van der Waals surface area (Å²) in [7, 11) is -1.72. The topological polar surface area (TPSA) is 57.6 Å². The van der Waals surface area contributed by atoms with Crippen molar-refractivity contribution in [2.24, 2.45) is 0 Å². The fourth-order valence-corrected chi connectivity index (χ4v) is 3.19. The first kappa shape index (κ1) is 15.0. The third-order valence-corrected chi connectivity index (χ3v) is 4.75. The van der Waals surface area contributed by atoms with Crippen LogP contribution < -0.4 is 4.31 Å². The van der Waals surface area contributed by atoms with Gasteiger partial charge in [-0.15, -0.1) is 0 Å². The Hall–Kier alpha value is -1.07. The molecule has 0 bridgehead atoms. The van der Waals surface area contributed by atoms with Gasteiger partial charge >= 0.3 is 0 Å². The van der Waals surface area contributed by atoms with Crippen molar-refractivity contribution in [3.8, 4) is 0 Å². The Morgan fingerprint density at radius 2 is 1.89 bits per heavy atom. The molecule has 1 aromatic rings. The van der Waals surface area contributed by atoms with Crippen LogP contribution in [0.5, 0.6) is 0 Å². The minimum absolute atomic E-state index is 0.0305. The van der Waals surface area contributed by atoms with E-state index in [0.29, 0.717) is 18.5 Å². The highest BCUT2D eigenvalue weighted by molar-refractivity contribution is 7.92. The lowest BCUT2D eigenvalue weighted by molar-refractivity contribution is 0.287. The summed E-state index contributed by atoms with van der Waals surface area (Å²) >= 11 is 0. The van der Waals surface area contributed by atoms with Gasteiger partial charge < -0.3 is 5.11 Å². The van der Waals surface area contributed by atoms with Gasteiger partial charge in [-0.3, -0.25) is 4.31 Å². The minimum atomic E-state index is -3.30. The Morgan fingerprint density at radius 1 is 1.22 bits per heavy atom. The smallest absolute Gasteiger partial charge is 0.234 e. The highest BCUT2D eigenvalue weighted by Gasteiger charge is 2.19. The lowest BCUT2D eigenvalue weighted by Crippen LogP contribution is -2.29. The first-order chi connectivity index (χ1) is 8.38. The molecule has 0 saturated carbocycles. The molecule has 0 heterocycles. The Balaban J connectivity index is 2.88. The third kappa shape index (κ3) is 3.71. The molecule has 0 aliphatic heterocycles. The van der Waals surface area contributed by atoms with Crippen molar-refractivity contribution in [2.45, 2.75) is 26.7 Å². The number of hydrogen-bond donors (Lipinski definition) is 1. The van der Waals surface area contributed by atoms with Gasteiger partial charge in [0.05, 0.1) is 11.4 Å². The van der Waals surface area contributed by atoms with Crippen LogP contribution in [-0.4, -0.2) is 32.9 Å². The molecule has 1 aromatic carbocycles. The normalized spacial score (nSPS) is 11.6. The van der Waals surface area contributed by atoms with Crippen LogP contribution >= 0.6 is 0 Å². The van der Waals surface area contributed by atoms with Crippen LogP contribution in [0.15, 0.2) is 18.2 Å². The van der Waals surface area contributed by atoms with Crippen molar-refractivity contribution in [3.05, 3.63) is 29.3 Å². The van der Waals surface area contributed by atoms with E-state index in [0.717, 1.165) is 11.1 Å². The van der Waals surface area contributed by atoms with Crippen molar-refractivity contribution in [1.82, 2.24) is 0 Å². The van der Waals surface area contributed by atoms with Gasteiger partial charge in [0.2, 0.25) is 10.0 Å². The molecule has 0 saturated heterocycles. The Labute approximate surface area is 109 Å². The lowest BCUT2D eigenvalue weighted by Gasteiger charge is -2.21. The summed E-state index contributed by atoms with van der Waals surface area (Å²) in [5.41, 5.74) is 2.77. The van der Waals surface area contributed by atoms with E-state index in [9.17, 15) is 8.42 Å². The quantitative estimate of drug-likeness (QED) is 0.803. The first-order valence-electron chi connectivity index (χ1n) is 6.03. The van der Waals surface area contributed by atoms with Gasteiger partial charge in [0, 0.05) is 13.7 Å². The maximum atomic E-state index is 12.1. The van der Waals surface area contributed by atoms with Crippen LogP contribution in [0, 0.1) is 13.8 Å². The van der Waals surface area contributed by atoms with Crippen molar-refractivity contribution in [3.63, 3.8) is 0 Å². The molecule has 0 radical (unpaired) electrons. The number of anilines is 1. The van der Waals surface area contributed by atoms with Crippen LogP contribution in [-0.2, 0) is 10.0 Å². The van der Waals surface area contributed by atoms with Crippen molar-refractivity contribution in [1.29, 1.82) is 0 Å².